The topological polar surface area (TPSA) is 73.6 Å². The molecule has 1 aromatic carbocycles. The van der Waals surface area contributed by atoms with Crippen LogP contribution in [0.5, 0.6) is 5.75 Å². The van der Waals surface area contributed by atoms with Crippen molar-refractivity contribution >= 4 is 11.6 Å². The Kier molecular flexibility index (Phi) is 3.82. The van der Waals surface area contributed by atoms with E-state index in [-0.39, 0.29) is 6.61 Å². The molecule has 0 spiro atoms. The van der Waals surface area contributed by atoms with Crippen LogP contribution in [0.2, 0.25) is 0 Å². The van der Waals surface area contributed by atoms with E-state index in [0.29, 0.717) is 11.8 Å². The minimum absolute atomic E-state index is 0.101. The number of carbonyl (C=O) groups excluding carboxylic acids is 1. The Bertz CT molecular complexity index is 389. The Labute approximate surface area is 99.9 Å². The number of hydrogen-bond acceptors (Lipinski definition) is 4. The summed E-state index contributed by atoms with van der Waals surface area (Å²) in [7, 11) is 0. The molecular weight excluding hydrogens is 220 g/mol. The first-order valence-corrected chi connectivity index (χ1v) is 5.59. The number of anilines is 1. The first-order valence-electron chi connectivity index (χ1n) is 5.59. The molecule has 1 amide bonds. The number of primary amides is 1. The maximum absolute atomic E-state index is 10.6. The van der Waals surface area contributed by atoms with E-state index in [2.05, 4.69) is 5.32 Å². The van der Waals surface area contributed by atoms with Gasteiger partial charge in [-0.1, -0.05) is 6.07 Å². The van der Waals surface area contributed by atoms with Gasteiger partial charge in [-0.15, -0.1) is 0 Å². The van der Waals surface area contributed by atoms with Gasteiger partial charge in [0.25, 0.3) is 5.91 Å². The van der Waals surface area contributed by atoms with Gasteiger partial charge in [0.15, 0.2) is 6.61 Å². The Morgan fingerprint density at radius 2 is 2.47 bits per heavy atom. The number of amides is 1. The Morgan fingerprint density at radius 3 is 3.18 bits per heavy atom. The lowest BCUT2D eigenvalue weighted by Crippen LogP contribution is -2.20. The van der Waals surface area contributed by atoms with Crippen molar-refractivity contribution in [2.24, 2.45) is 5.73 Å². The standard InChI is InChI=1S/C12H16N2O3/c13-12(15)8-17-11-3-1-2-9(6-11)14-10-4-5-16-7-10/h1-3,6,10,14H,4-5,7-8H2,(H2,13,15). The molecule has 5 heteroatoms. The van der Waals surface area contributed by atoms with Gasteiger partial charge in [0.2, 0.25) is 0 Å². The third-order valence-corrected chi connectivity index (χ3v) is 2.52. The Morgan fingerprint density at radius 1 is 1.59 bits per heavy atom. The average molecular weight is 236 g/mol. The lowest BCUT2D eigenvalue weighted by molar-refractivity contribution is -0.119. The fourth-order valence-electron chi connectivity index (χ4n) is 1.71. The molecule has 3 N–H and O–H groups in total. The van der Waals surface area contributed by atoms with Crippen molar-refractivity contribution in [2.45, 2.75) is 12.5 Å². The summed E-state index contributed by atoms with van der Waals surface area (Å²) >= 11 is 0. The monoisotopic (exact) mass is 236 g/mol. The van der Waals surface area contributed by atoms with E-state index in [9.17, 15) is 4.79 Å². The van der Waals surface area contributed by atoms with Gasteiger partial charge in [0, 0.05) is 18.4 Å². The first kappa shape index (κ1) is 11.7. The molecule has 0 radical (unpaired) electrons. The van der Waals surface area contributed by atoms with Crippen LogP contribution in [0.1, 0.15) is 6.42 Å². The number of nitrogens with one attached hydrogen (secondary N) is 1. The molecule has 0 bridgehead atoms. The zero-order valence-electron chi connectivity index (χ0n) is 9.52. The van der Waals surface area contributed by atoms with E-state index in [1.807, 2.05) is 18.2 Å². The molecule has 1 fully saturated rings. The van der Waals surface area contributed by atoms with Gasteiger partial charge in [-0.05, 0) is 18.6 Å². The van der Waals surface area contributed by atoms with Crippen molar-refractivity contribution in [1.82, 2.24) is 0 Å². The van der Waals surface area contributed by atoms with E-state index in [1.54, 1.807) is 6.07 Å². The number of hydrogen-bond donors (Lipinski definition) is 2. The Hall–Kier alpha value is -1.75. The van der Waals surface area contributed by atoms with Crippen molar-refractivity contribution in [3.63, 3.8) is 0 Å². The molecule has 1 unspecified atom stereocenters. The summed E-state index contributed by atoms with van der Waals surface area (Å²) in [5.41, 5.74) is 5.97. The van der Waals surface area contributed by atoms with Gasteiger partial charge in [-0.2, -0.15) is 0 Å². The third-order valence-electron chi connectivity index (χ3n) is 2.52. The highest BCUT2D eigenvalue weighted by atomic mass is 16.5. The van der Waals surface area contributed by atoms with Gasteiger partial charge < -0.3 is 20.5 Å². The van der Waals surface area contributed by atoms with Crippen molar-refractivity contribution in [2.75, 3.05) is 25.1 Å². The lowest BCUT2D eigenvalue weighted by Gasteiger charge is -2.13. The molecule has 92 valence electrons. The fraction of sp³-hybridized carbons (Fsp3) is 0.417. The fourth-order valence-corrected chi connectivity index (χ4v) is 1.71. The maximum Gasteiger partial charge on any atom is 0.255 e. The molecule has 0 saturated carbocycles. The summed E-state index contributed by atoms with van der Waals surface area (Å²) in [6.07, 6.45) is 1.01. The summed E-state index contributed by atoms with van der Waals surface area (Å²) < 4.78 is 10.5. The molecule has 1 aliphatic rings. The molecule has 17 heavy (non-hydrogen) atoms. The molecular formula is C12H16N2O3. The predicted molar refractivity (Wildman–Crippen MR) is 64.0 cm³/mol. The number of nitrogens with two attached hydrogens (primary N) is 1. The van der Waals surface area contributed by atoms with Crippen LogP contribution in [0.3, 0.4) is 0 Å². The summed E-state index contributed by atoms with van der Waals surface area (Å²) in [5.74, 6) is 0.153. The number of rotatable bonds is 5. The largest absolute Gasteiger partial charge is 0.484 e. The van der Waals surface area contributed by atoms with E-state index in [0.717, 1.165) is 25.3 Å². The molecule has 1 aliphatic heterocycles. The van der Waals surface area contributed by atoms with Crippen LogP contribution in [-0.2, 0) is 9.53 Å². The second-order valence-corrected chi connectivity index (χ2v) is 3.99. The van der Waals surface area contributed by atoms with E-state index >= 15 is 0 Å². The smallest absolute Gasteiger partial charge is 0.255 e. The minimum atomic E-state index is -0.479. The number of carbonyl (C=O) groups is 1. The second-order valence-electron chi connectivity index (χ2n) is 3.99. The van der Waals surface area contributed by atoms with Gasteiger partial charge in [-0.25, -0.2) is 0 Å². The second kappa shape index (κ2) is 5.54. The zero-order valence-corrected chi connectivity index (χ0v) is 9.52. The van der Waals surface area contributed by atoms with Crippen molar-refractivity contribution in [1.29, 1.82) is 0 Å². The van der Waals surface area contributed by atoms with E-state index < -0.39 is 5.91 Å². The molecule has 1 saturated heterocycles. The molecule has 0 aliphatic carbocycles. The summed E-state index contributed by atoms with van der Waals surface area (Å²) in [6.45, 7) is 1.43. The third kappa shape index (κ3) is 3.64. The summed E-state index contributed by atoms with van der Waals surface area (Å²) in [4.78, 5) is 10.6. The summed E-state index contributed by atoms with van der Waals surface area (Å²) in [6, 6.07) is 7.81. The van der Waals surface area contributed by atoms with Crippen LogP contribution < -0.4 is 15.8 Å². The minimum Gasteiger partial charge on any atom is -0.484 e. The highest BCUT2D eigenvalue weighted by Crippen LogP contribution is 2.19. The van der Waals surface area contributed by atoms with Crippen LogP contribution in [0.25, 0.3) is 0 Å². The molecule has 1 aromatic rings. The van der Waals surface area contributed by atoms with Gasteiger partial charge >= 0.3 is 0 Å². The highest BCUT2D eigenvalue weighted by Gasteiger charge is 2.14. The number of ether oxygens (including phenoxy) is 2. The van der Waals surface area contributed by atoms with Crippen molar-refractivity contribution in [3.05, 3.63) is 24.3 Å². The van der Waals surface area contributed by atoms with Gasteiger partial charge in [0.05, 0.1) is 12.6 Å². The van der Waals surface area contributed by atoms with Crippen molar-refractivity contribution < 1.29 is 14.3 Å². The average Bonchev–Trinajstić information content (AvgIpc) is 2.80. The summed E-state index contributed by atoms with van der Waals surface area (Å²) in [5, 5.41) is 3.35. The highest BCUT2D eigenvalue weighted by molar-refractivity contribution is 5.75. The normalized spacial score (nSPS) is 18.9. The molecule has 1 heterocycles. The molecule has 0 aromatic heterocycles. The lowest BCUT2D eigenvalue weighted by atomic mass is 10.2. The molecule has 2 rings (SSSR count). The first-order chi connectivity index (χ1) is 8.24. The molecule has 5 nitrogen and oxygen atoms in total. The quantitative estimate of drug-likeness (QED) is 0.791. The SMILES string of the molecule is NC(=O)COc1cccc(NC2CCOC2)c1. The van der Waals surface area contributed by atoms with Crippen LogP contribution in [0.15, 0.2) is 24.3 Å². The maximum atomic E-state index is 10.6. The van der Waals surface area contributed by atoms with Crippen LogP contribution in [-0.4, -0.2) is 31.8 Å². The predicted octanol–water partition coefficient (Wildman–Crippen LogP) is 0.751. The zero-order chi connectivity index (χ0) is 12.1. The van der Waals surface area contributed by atoms with E-state index in [1.165, 1.54) is 0 Å². The van der Waals surface area contributed by atoms with Gasteiger partial charge in [-0.3, -0.25) is 4.79 Å². The van der Waals surface area contributed by atoms with Crippen molar-refractivity contribution in [3.8, 4) is 5.75 Å². The van der Waals surface area contributed by atoms with Crippen LogP contribution >= 0.6 is 0 Å². The molecule has 1 atom stereocenters. The Balaban J connectivity index is 1.93. The van der Waals surface area contributed by atoms with Crippen LogP contribution in [0, 0.1) is 0 Å². The van der Waals surface area contributed by atoms with Crippen LogP contribution in [0.4, 0.5) is 5.69 Å². The van der Waals surface area contributed by atoms with E-state index in [4.69, 9.17) is 15.2 Å². The number of benzene rings is 1. The van der Waals surface area contributed by atoms with Gasteiger partial charge in [0.1, 0.15) is 5.75 Å².